The molecular weight excluding hydrogens is 1000 g/mol. The standard InChI is InChI=1S/C68H90N4O8/c1-7-13-19-23-47-51-33-53-48(24-20-14-8-2)55-35-57-50(26-22-16-10-4)58-36-56-49(25-21-15-9-3)54-34-52(47)62-38-64(54)76-45-78-66(56)60(40-72-32-30-70(42-72)28-18-12-6)68(58)80-46-79-67(57)59(39-71-31-29-69(41-71)27-17-11-5)65(55)77-44-75-63(53)37-61(51)73-43-74-62/h29-38,41-42,47-50H,7-28,39-40,43-46H2,1-6H3/q+2. The molecule has 428 valence electrons. The van der Waals surface area contributed by atoms with Crippen molar-refractivity contribution in [2.75, 3.05) is 27.2 Å². The van der Waals surface area contributed by atoms with Gasteiger partial charge in [-0.15, -0.1) is 0 Å². The van der Waals surface area contributed by atoms with Gasteiger partial charge >= 0.3 is 0 Å². The van der Waals surface area contributed by atoms with Crippen molar-refractivity contribution < 1.29 is 47.0 Å². The first kappa shape index (κ1) is 55.6. The number of aryl methyl sites for hydroxylation is 2. The van der Waals surface area contributed by atoms with Gasteiger partial charge in [-0.3, -0.25) is 0 Å². The van der Waals surface area contributed by atoms with E-state index in [1.165, 1.54) is 44.5 Å². The van der Waals surface area contributed by atoms with Crippen LogP contribution in [0.25, 0.3) is 0 Å². The second-order valence-corrected chi connectivity index (χ2v) is 23.4. The molecule has 0 N–H and O–H groups in total. The molecule has 0 saturated heterocycles. The minimum absolute atomic E-state index is 0.0137. The zero-order chi connectivity index (χ0) is 55.0. The zero-order valence-electron chi connectivity index (χ0n) is 49.1. The van der Waals surface area contributed by atoms with E-state index in [2.05, 4.69) is 134 Å². The lowest BCUT2D eigenvalue weighted by Crippen LogP contribution is -2.34. The number of hydrogen-bond acceptors (Lipinski definition) is 8. The van der Waals surface area contributed by atoms with E-state index in [9.17, 15) is 0 Å². The van der Waals surface area contributed by atoms with Crippen LogP contribution in [0.5, 0.6) is 46.0 Å². The highest BCUT2D eigenvalue weighted by Gasteiger charge is 2.40. The number of aromatic nitrogens is 4. The van der Waals surface area contributed by atoms with E-state index in [4.69, 9.17) is 37.9 Å². The fraction of sp³-hybridized carbons (Fsp3) is 0.559. The van der Waals surface area contributed by atoms with Gasteiger partial charge in [0.15, 0.2) is 0 Å². The molecule has 0 fully saturated rings. The van der Waals surface area contributed by atoms with Gasteiger partial charge in [0.05, 0.1) is 24.2 Å². The van der Waals surface area contributed by atoms with E-state index in [0.717, 1.165) is 199 Å². The molecule has 5 aliphatic rings. The van der Waals surface area contributed by atoms with E-state index in [1.54, 1.807) is 0 Å². The molecule has 0 radical (unpaired) electrons. The Morgan fingerprint density at radius 1 is 0.350 bits per heavy atom. The summed E-state index contributed by atoms with van der Waals surface area (Å²) >= 11 is 0. The van der Waals surface area contributed by atoms with Crippen LogP contribution in [-0.4, -0.2) is 36.3 Å². The van der Waals surface area contributed by atoms with Crippen molar-refractivity contribution in [3.63, 3.8) is 0 Å². The Bertz CT molecular complexity index is 2880. The average Bonchev–Trinajstić information content (AvgIpc) is 4.24. The van der Waals surface area contributed by atoms with E-state index in [-0.39, 0.29) is 50.8 Å². The molecule has 4 aromatic carbocycles. The van der Waals surface area contributed by atoms with Gasteiger partial charge in [-0.05, 0) is 62.8 Å². The fourth-order valence-electron chi connectivity index (χ4n) is 13.6. The van der Waals surface area contributed by atoms with Crippen molar-refractivity contribution in [1.82, 2.24) is 9.13 Å². The van der Waals surface area contributed by atoms with Crippen molar-refractivity contribution in [3.05, 3.63) is 129 Å². The molecule has 11 rings (SSSR count). The minimum Gasteiger partial charge on any atom is -0.457 e. The van der Waals surface area contributed by atoms with Gasteiger partial charge in [0, 0.05) is 80.3 Å². The first-order chi connectivity index (χ1) is 39.4. The van der Waals surface area contributed by atoms with Crippen LogP contribution < -0.4 is 47.0 Å². The SMILES string of the molecule is CCCCCC1c2cc3c4cc2OCOc2cc5c(cc21)C(CCCCC)c1cc2c(c(C[n+]6ccn(CCCC)c6)c1OCO5)OCOc1c(cc(c(c1C[n+]1ccn(CCCC)c1)OCO4)C3CCCCC)C2CCCCC. The van der Waals surface area contributed by atoms with Gasteiger partial charge in [0.1, 0.15) is 83.9 Å². The molecule has 0 amide bonds. The molecule has 0 saturated carbocycles. The molecule has 80 heavy (non-hydrogen) atoms. The second-order valence-electron chi connectivity index (χ2n) is 23.4. The summed E-state index contributed by atoms with van der Waals surface area (Å²) < 4.78 is 65.4. The van der Waals surface area contributed by atoms with Gasteiger partial charge in [-0.1, -0.05) is 131 Å². The molecule has 12 nitrogen and oxygen atoms in total. The van der Waals surface area contributed by atoms with Gasteiger partial charge in [0.2, 0.25) is 39.8 Å². The highest BCUT2D eigenvalue weighted by atomic mass is 16.7. The van der Waals surface area contributed by atoms with E-state index in [0.29, 0.717) is 13.1 Å². The Balaban J connectivity index is 1.26. The normalized spacial score (nSPS) is 18.2. The summed E-state index contributed by atoms with van der Waals surface area (Å²) in [4.78, 5) is 0. The third-order valence-electron chi connectivity index (χ3n) is 17.8. The van der Waals surface area contributed by atoms with Crippen LogP contribution in [0.2, 0.25) is 0 Å². The van der Waals surface area contributed by atoms with Gasteiger partial charge < -0.3 is 37.9 Å². The minimum atomic E-state index is -0.0905. The number of ether oxygens (including phenoxy) is 8. The van der Waals surface area contributed by atoms with Crippen LogP contribution in [0.3, 0.4) is 0 Å². The molecule has 2 aromatic heterocycles. The van der Waals surface area contributed by atoms with Crippen LogP contribution in [0.1, 0.15) is 249 Å². The molecule has 8 bridgehead atoms. The summed E-state index contributed by atoms with van der Waals surface area (Å²) in [6, 6.07) is 14.3. The quantitative estimate of drug-likeness (QED) is 0.0392. The third kappa shape index (κ3) is 11.6. The van der Waals surface area contributed by atoms with Crippen LogP contribution >= 0.6 is 0 Å². The van der Waals surface area contributed by atoms with Crippen molar-refractivity contribution in [1.29, 1.82) is 0 Å². The van der Waals surface area contributed by atoms with Crippen LogP contribution in [-0.2, 0) is 26.2 Å². The average molecular weight is 1090 g/mol. The molecule has 4 aliphatic heterocycles. The second kappa shape index (κ2) is 26.1. The number of rotatable bonds is 26. The summed E-state index contributed by atoms with van der Waals surface area (Å²) in [5, 5.41) is 0. The van der Waals surface area contributed by atoms with Crippen LogP contribution in [0.15, 0.2) is 73.8 Å². The predicted octanol–water partition coefficient (Wildman–Crippen LogP) is 15.6. The Morgan fingerprint density at radius 2 is 0.637 bits per heavy atom. The largest absolute Gasteiger partial charge is 0.457 e. The summed E-state index contributed by atoms with van der Waals surface area (Å²) in [6.45, 7) is 16.9. The smallest absolute Gasteiger partial charge is 0.244 e. The number of unbranched alkanes of at least 4 members (excludes halogenated alkanes) is 10. The molecule has 6 aromatic rings. The Kier molecular flexibility index (Phi) is 18.1. The van der Waals surface area contributed by atoms with Crippen molar-refractivity contribution in [2.45, 2.75) is 220 Å². The maximum Gasteiger partial charge on any atom is 0.244 e. The number of benzene rings is 4. The topological polar surface area (TPSA) is 91.5 Å². The van der Waals surface area contributed by atoms with E-state index >= 15 is 0 Å². The van der Waals surface area contributed by atoms with Crippen molar-refractivity contribution in [3.8, 4) is 46.0 Å². The van der Waals surface area contributed by atoms with Gasteiger partial charge in [0.25, 0.3) is 0 Å². The summed E-state index contributed by atoms with van der Waals surface area (Å²) in [5.74, 6) is 6.40. The van der Waals surface area contributed by atoms with E-state index in [1.807, 2.05) is 0 Å². The summed E-state index contributed by atoms with van der Waals surface area (Å²) in [7, 11) is 0. The lowest BCUT2D eigenvalue weighted by atomic mass is 9.75. The predicted molar refractivity (Wildman–Crippen MR) is 311 cm³/mol. The fourth-order valence-corrected chi connectivity index (χ4v) is 13.6. The Hall–Kier alpha value is -6.30. The molecule has 12 heteroatoms. The molecule has 2 unspecified atom stereocenters. The lowest BCUT2D eigenvalue weighted by molar-refractivity contribution is -0.688. The Labute approximate surface area is 476 Å². The van der Waals surface area contributed by atoms with Gasteiger partial charge in [-0.25, -0.2) is 18.3 Å². The van der Waals surface area contributed by atoms with Crippen molar-refractivity contribution >= 4 is 0 Å². The van der Waals surface area contributed by atoms with E-state index < -0.39 is 0 Å². The zero-order valence-corrected chi connectivity index (χ0v) is 49.1. The molecule has 6 heterocycles. The van der Waals surface area contributed by atoms with Gasteiger partial charge in [-0.2, -0.15) is 0 Å². The summed E-state index contributed by atoms with van der Waals surface area (Å²) in [5.41, 5.74) is 11.6. The lowest BCUT2D eigenvalue weighted by Gasteiger charge is -2.36. The monoisotopic (exact) mass is 1090 g/mol. The van der Waals surface area contributed by atoms with Crippen molar-refractivity contribution in [2.24, 2.45) is 0 Å². The maximum absolute atomic E-state index is 7.28. The maximum atomic E-state index is 7.28. The molecular formula is C68H90N4O8+2. The van der Waals surface area contributed by atoms with Crippen LogP contribution in [0.4, 0.5) is 0 Å². The molecule has 1 aliphatic carbocycles. The highest BCUT2D eigenvalue weighted by molar-refractivity contribution is 5.67. The summed E-state index contributed by atoms with van der Waals surface area (Å²) in [6.07, 6.45) is 34.7. The molecule has 2 atom stereocenters. The first-order valence-electron chi connectivity index (χ1n) is 31.3. The Morgan fingerprint density at radius 3 is 0.975 bits per heavy atom. The van der Waals surface area contributed by atoms with Crippen LogP contribution in [0, 0.1) is 0 Å². The molecule has 0 spiro atoms. The number of hydrogen-bond donors (Lipinski definition) is 0. The number of nitrogens with zero attached hydrogens (tertiary/aromatic N) is 4. The first-order valence-corrected chi connectivity index (χ1v) is 31.3. The third-order valence-corrected chi connectivity index (χ3v) is 17.8. The number of imidazole rings is 2. The highest BCUT2D eigenvalue weighted by Crippen LogP contribution is 2.57.